The number of nitrogens with one attached hydrogen (secondary N) is 1. The van der Waals surface area contributed by atoms with E-state index in [1.54, 1.807) is 0 Å². The zero-order valence-corrected chi connectivity index (χ0v) is 16.0. The van der Waals surface area contributed by atoms with E-state index in [9.17, 15) is 13.2 Å². The first-order valence-corrected chi connectivity index (χ1v) is 11.4. The lowest BCUT2D eigenvalue weighted by Crippen LogP contribution is -2.34. The number of rotatable bonds is 9. The summed E-state index contributed by atoms with van der Waals surface area (Å²) in [6, 6.07) is 0. The molecule has 2 aliphatic rings. The maximum atomic E-state index is 12.1. The van der Waals surface area contributed by atoms with Crippen LogP contribution in [0.3, 0.4) is 0 Å². The summed E-state index contributed by atoms with van der Waals surface area (Å²) in [6.07, 6.45) is 8.33. The number of amides is 1. The first-order valence-electron chi connectivity index (χ1n) is 9.68. The van der Waals surface area contributed by atoms with Gasteiger partial charge in [-0.25, -0.2) is 8.42 Å². The second kappa shape index (κ2) is 9.76. The molecule has 0 bridgehead atoms. The molecular formula is C18H34N2O3S. The van der Waals surface area contributed by atoms with Crippen LogP contribution in [0.1, 0.15) is 64.7 Å². The number of sulfone groups is 1. The molecule has 2 rings (SSSR count). The van der Waals surface area contributed by atoms with Gasteiger partial charge in [-0.2, -0.15) is 0 Å². The molecule has 1 aliphatic heterocycles. The smallest absolute Gasteiger partial charge is 0.221 e. The third kappa shape index (κ3) is 6.71. The van der Waals surface area contributed by atoms with E-state index in [0.717, 1.165) is 51.0 Å². The molecule has 1 saturated carbocycles. The van der Waals surface area contributed by atoms with Gasteiger partial charge in [-0.05, 0) is 64.1 Å². The fourth-order valence-corrected chi connectivity index (χ4v) is 5.57. The molecule has 0 aromatic heterocycles. The SMILES string of the molecule is CC1CCN(CCCCNC(=O)CCS(=O)(=O)C2CCCC2)CC1. The van der Waals surface area contributed by atoms with Gasteiger partial charge in [-0.1, -0.05) is 19.8 Å². The Labute approximate surface area is 147 Å². The Balaban J connectivity index is 1.50. The van der Waals surface area contributed by atoms with E-state index in [0.29, 0.717) is 6.54 Å². The summed E-state index contributed by atoms with van der Waals surface area (Å²) in [6.45, 7) is 6.49. The van der Waals surface area contributed by atoms with Gasteiger partial charge in [0.15, 0.2) is 9.84 Å². The van der Waals surface area contributed by atoms with Gasteiger partial charge in [0.1, 0.15) is 0 Å². The number of likely N-dealkylation sites (tertiary alicyclic amines) is 1. The Morgan fingerprint density at radius 1 is 1.08 bits per heavy atom. The van der Waals surface area contributed by atoms with E-state index in [1.165, 1.54) is 25.9 Å². The van der Waals surface area contributed by atoms with Gasteiger partial charge in [-0.15, -0.1) is 0 Å². The second-order valence-electron chi connectivity index (χ2n) is 7.60. The largest absolute Gasteiger partial charge is 0.356 e. The number of nitrogens with zero attached hydrogens (tertiary/aromatic N) is 1. The van der Waals surface area contributed by atoms with Gasteiger partial charge in [0.25, 0.3) is 0 Å². The molecule has 0 aromatic carbocycles. The predicted octanol–water partition coefficient (Wildman–Crippen LogP) is 2.36. The Hall–Kier alpha value is -0.620. The van der Waals surface area contributed by atoms with Crippen molar-refractivity contribution >= 4 is 15.7 Å². The Morgan fingerprint density at radius 3 is 2.42 bits per heavy atom. The number of hydrogen-bond donors (Lipinski definition) is 1. The lowest BCUT2D eigenvalue weighted by atomic mass is 9.99. The summed E-state index contributed by atoms with van der Waals surface area (Å²) in [7, 11) is -3.08. The van der Waals surface area contributed by atoms with Crippen LogP contribution >= 0.6 is 0 Å². The molecule has 0 aromatic rings. The maximum Gasteiger partial charge on any atom is 0.221 e. The summed E-state index contributed by atoms with van der Waals surface area (Å²) < 4.78 is 24.3. The molecule has 1 aliphatic carbocycles. The number of carbonyl (C=O) groups excluding carboxylic acids is 1. The fourth-order valence-electron chi connectivity index (χ4n) is 3.71. The highest BCUT2D eigenvalue weighted by molar-refractivity contribution is 7.92. The third-order valence-corrected chi connectivity index (χ3v) is 7.78. The summed E-state index contributed by atoms with van der Waals surface area (Å²) >= 11 is 0. The fraction of sp³-hybridized carbons (Fsp3) is 0.944. The van der Waals surface area contributed by atoms with Gasteiger partial charge in [-0.3, -0.25) is 4.79 Å². The van der Waals surface area contributed by atoms with Gasteiger partial charge in [0.2, 0.25) is 5.91 Å². The second-order valence-corrected chi connectivity index (χ2v) is 10.0. The van der Waals surface area contributed by atoms with Crippen LogP contribution in [0, 0.1) is 5.92 Å². The molecule has 0 spiro atoms. The topological polar surface area (TPSA) is 66.5 Å². The van der Waals surface area contributed by atoms with Crippen molar-refractivity contribution in [3.8, 4) is 0 Å². The zero-order chi connectivity index (χ0) is 17.4. The van der Waals surface area contributed by atoms with Gasteiger partial charge < -0.3 is 10.2 Å². The van der Waals surface area contributed by atoms with E-state index in [-0.39, 0.29) is 23.3 Å². The molecule has 140 valence electrons. The van der Waals surface area contributed by atoms with Gasteiger partial charge in [0.05, 0.1) is 11.0 Å². The van der Waals surface area contributed by atoms with E-state index in [4.69, 9.17) is 0 Å². The van der Waals surface area contributed by atoms with E-state index >= 15 is 0 Å². The third-order valence-electron chi connectivity index (χ3n) is 5.52. The molecule has 0 unspecified atom stereocenters. The van der Waals surface area contributed by atoms with Crippen molar-refractivity contribution in [3.05, 3.63) is 0 Å². The average Bonchev–Trinajstić information content (AvgIpc) is 3.10. The number of carbonyl (C=O) groups is 1. The molecule has 6 heteroatoms. The van der Waals surface area contributed by atoms with Crippen molar-refractivity contribution in [1.82, 2.24) is 10.2 Å². The summed E-state index contributed by atoms with van der Waals surface area (Å²) in [5, 5.41) is 2.67. The van der Waals surface area contributed by atoms with Crippen molar-refractivity contribution in [2.75, 3.05) is 31.9 Å². The van der Waals surface area contributed by atoms with Crippen LogP contribution in [-0.4, -0.2) is 56.4 Å². The van der Waals surface area contributed by atoms with Gasteiger partial charge >= 0.3 is 0 Å². The first kappa shape index (κ1) is 19.7. The van der Waals surface area contributed by atoms with Crippen molar-refractivity contribution in [2.45, 2.75) is 70.0 Å². The minimum atomic E-state index is -3.08. The monoisotopic (exact) mass is 358 g/mol. The van der Waals surface area contributed by atoms with Crippen molar-refractivity contribution in [1.29, 1.82) is 0 Å². The standard InChI is InChI=1S/C18H34N2O3S/c1-16-8-13-20(14-9-16)12-5-4-11-19-18(21)10-15-24(22,23)17-6-2-3-7-17/h16-17H,2-15H2,1H3,(H,19,21). The molecule has 0 atom stereocenters. The van der Waals surface area contributed by atoms with Crippen LogP contribution < -0.4 is 5.32 Å². The van der Waals surface area contributed by atoms with E-state index in [1.807, 2.05) is 0 Å². The molecule has 1 amide bonds. The maximum absolute atomic E-state index is 12.1. The number of hydrogen-bond acceptors (Lipinski definition) is 4. The summed E-state index contributed by atoms with van der Waals surface area (Å²) in [5.41, 5.74) is 0. The summed E-state index contributed by atoms with van der Waals surface area (Å²) in [5.74, 6) is 0.750. The molecule has 1 N–H and O–H groups in total. The lowest BCUT2D eigenvalue weighted by molar-refractivity contribution is -0.120. The molecule has 1 saturated heterocycles. The van der Waals surface area contributed by atoms with Crippen LogP contribution in [0.25, 0.3) is 0 Å². The molecular weight excluding hydrogens is 324 g/mol. The quantitative estimate of drug-likeness (QED) is 0.643. The average molecular weight is 359 g/mol. The molecule has 24 heavy (non-hydrogen) atoms. The van der Waals surface area contributed by atoms with Crippen molar-refractivity contribution < 1.29 is 13.2 Å². The van der Waals surface area contributed by atoms with Crippen LogP contribution in [-0.2, 0) is 14.6 Å². The van der Waals surface area contributed by atoms with Crippen LogP contribution in [0.2, 0.25) is 0 Å². The van der Waals surface area contributed by atoms with Crippen molar-refractivity contribution in [3.63, 3.8) is 0 Å². The highest BCUT2D eigenvalue weighted by Crippen LogP contribution is 2.25. The highest BCUT2D eigenvalue weighted by Gasteiger charge is 2.28. The molecule has 0 radical (unpaired) electrons. The Kier molecular flexibility index (Phi) is 8.01. The van der Waals surface area contributed by atoms with Crippen molar-refractivity contribution in [2.24, 2.45) is 5.92 Å². The van der Waals surface area contributed by atoms with E-state index < -0.39 is 9.84 Å². The predicted molar refractivity (Wildman–Crippen MR) is 97.7 cm³/mol. The molecule has 2 fully saturated rings. The Morgan fingerprint density at radius 2 is 1.75 bits per heavy atom. The normalized spacial score (nSPS) is 21.2. The molecule has 5 nitrogen and oxygen atoms in total. The zero-order valence-electron chi connectivity index (χ0n) is 15.1. The summed E-state index contributed by atoms with van der Waals surface area (Å²) in [4.78, 5) is 14.3. The lowest BCUT2D eigenvalue weighted by Gasteiger charge is -2.30. The van der Waals surface area contributed by atoms with E-state index in [2.05, 4.69) is 17.1 Å². The van der Waals surface area contributed by atoms with Crippen LogP contribution in [0.4, 0.5) is 0 Å². The Bertz CT molecular complexity index is 478. The first-order chi connectivity index (χ1) is 11.5. The number of unbranched alkanes of at least 4 members (excludes halogenated alkanes) is 1. The van der Waals surface area contributed by atoms with Gasteiger partial charge in [0, 0.05) is 13.0 Å². The molecule has 1 heterocycles. The van der Waals surface area contributed by atoms with Crippen LogP contribution in [0.15, 0.2) is 0 Å². The number of piperidine rings is 1. The highest BCUT2D eigenvalue weighted by atomic mass is 32.2. The minimum absolute atomic E-state index is 0.00939. The van der Waals surface area contributed by atoms with Crippen LogP contribution in [0.5, 0.6) is 0 Å². The minimum Gasteiger partial charge on any atom is -0.356 e.